The molecule has 27 heavy (non-hydrogen) atoms. The standard InChI is InChI=1S/C22H44N2O3/c1-2-3-4-5-6-7-8-9-10-11-12-13-14-18-21(25)27-22(26)20(24)17-15-16-19-23/h20H,2-19,23-24H2,1H3. The number of esters is 2. The molecule has 160 valence electrons. The van der Waals surface area contributed by atoms with Gasteiger partial charge in [-0.25, -0.2) is 4.79 Å². The Morgan fingerprint density at radius 2 is 1.22 bits per heavy atom. The van der Waals surface area contributed by atoms with Crippen molar-refractivity contribution in [3.63, 3.8) is 0 Å². The van der Waals surface area contributed by atoms with Crippen LogP contribution in [0.25, 0.3) is 0 Å². The maximum atomic E-state index is 11.7. The van der Waals surface area contributed by atoms with Crippen LogP contribution in [0.4, 0.5) is 0 Å². The third-order valence-corrected chi connectivity index (χ3v) is 4.97. The van der Waals surface area contributed by atoms with E-state index >= 15 is 0 Å². The molecular formula is C22H44N2O3. The molecule has 0 saturated heterocycles. The van der Waals surface area contributed by atoms with E-state index in [2.05, 4.69) is 6.92 Å². The number of unbranched alkanes of at least 4 members (excludes halogenated alkanes) is 13. The van der Waals surface area contributed by atoms with E-state index in [1.54, 1.807) is 0 Å². The Morgan fingerprint density at radius 1 is 0.741 bits per heavy atom. The molecule has 5 nitrogen and oxygen atoms in total. The van der Waals surface area contributed by atoms with Crippen LogP contribution in [-0.4, -0.2) is 24.5 Å². The lowest BCUT2D eigenvalue weighted by Crippen LogP contribution is -2.33. The van der Waals surface area contributed by atoms with Gasteiger partial charge in [0.15, 0.2) is 0 Å². The number of hydrogen-bond donors (Lipinski definition) is 2. The molecule has 5 heteroatoms. The fourth-order valence-electron chi connectivity index (χ4n) is 3.15. The van der Waals surface area contributed by atoms with Crippen molar-refractivity contribution in [3.05, 3.63) is 0 Å². The molecule has 0 aromatic heterocycles. The van der Waals surface area contributed by atoms with Gasteiger partial charge in [-0.1, -0.05) is 90.4 Å². The molecule has 1 atom stereocenters. The molecule has 0 aliphatic rings. The summed E-state index contributed by atoms with van der Waals surface area (Å²) < 4.78 is 4.82. The van der Waals surface area contributed by atoms with Crippen molar-refractivity contribution in [3.8, 4) is 0 Å². The highest BCUT2D eigenvalue weighted by atomic mass is 16.6. The van der Waals surface area contributed by atoms with Crippen LogP contribution in [0.2, 0.25) is 0 Å². The maximum Gasteiger partial charge on any atom is 0.330 e. The number of hydrogen-bond acceptors (Lipinski definition) is 5. The summed E-state index contributed by atoms with van der Waals surface area (Å²) in [5, 5.41) is 0. The van der Waals surface area contributed by atoms with E-state index in [1.807, 2.05) is 0 Å². The number of carbonyl (C=O) groups excluding carboxylic acids is 2. The van der Waals surface area contributed by atoms with Crippen LogP contribution in [0, 0.1) is 0 Å². The third kappa shape index (κ3) is 18.2. The van der Waals surface area contributed by atoms with Gasteiger partial charge in [-0.2, -0.15) is 0 Å². The molecule has 0 bridgehead atoms. The van der Waals surface area contributed by atoms with E-state index in [0.717, 1.165) is 32.1 Å². The van der Waals surface area contributed by atoms with E-state index in [4.69, 9.17) is 16.2 Å². The number of carbonyl (C=O) groups is 2. The molecule has 0 rings (SSSR count). The van der Waals surface area contributed by atoms with Gasteiger partial charge in [-0.15, -0.1) is 0 Å². The van der Waals surface area contributed by atoms with Crippen LogP contribution in [-0.2, 0) is 14.3 Å². The molecule has 0 radical (unpaired) electrons. The van der Waals surface area contributed by atoms with Crippen molar-refractivity contribution in [2.45, 2.75) is 122 Å². The van der Waals surface area contributed by atoms with Crippen LogP contribution in [0.1, 0.15) is 116 Å². The van der Waals surface area contributed by atoms with Gasteiger partial charge in [0.25, 0.3) is 0 Å². The van der Waals surface area contributed by atoms with Crippen molar-refractivity contribution < 1.29 is 14.3 Å². The van der Waals surface area contributed by atoms with Gasteiger partial charge >= 0.3 is 11.9 Å². The Labute approximate surface area is 167 Å². The molecule has 0 amide bonds. The van der Waals surface area contributed by atoms with E-state index in [0.29, 0.717) is 19.4 Å². The van der Waals surface area contributed by atoms with Crippen molar-refractivity contribution >= 4 is 11.9 Å². The Bertz CT molecular complexity index is 361. The minimum absolute atomic E-state index is 0.305. The summed E-state index contributed by atoms with van der Waals surface area (Å²) >= 11 is 0. The smallest absolute Gasteiger partial charge is 0.330 e. The lowest BCUT2D eigenvalue weighted by molar-refractivity contribution is -0.160. The van der Waals surface area contributed by atoms with Crippen molar-refractivity contribution in [2.24, 2.45) is 11.5 Å². The monoisotopic (exact) mass is 384 g/mol. The van der Waals surface area contributed by atoms with E-state index in [1.165, 1.54) is 64.2 Å². The SMILES string of the molecule is CCCCCCCCCCCCCCCC(=O)OC(=O)C(N)CCCCN. The van der Waals surface area contributed by atoms with E-state index < -0.39 is 18.0 Å². The summed E-state index contributed by atoms with van der Waals surface area (Å²) in [6.07, 6.45) is 18.8. The maximum absolute atomic E-state index is 11.7. The van der Waals surface area contributed by atoms with Gasteiger partial charge in [0.05, 0.1) is 0 Å². The fourth-order valence-corrected chi connectivity index (χ4v) is 3.15. The first-order valence-electron chi connectivity index (χ1n) is 11.3. The van der Waals surface area contributed by atoms with Crippen LogP contribution >= 0.6 is 0 Å². The highest BCUT2D eigenvalue weighted by Crippen LogP contribution is 2.13. The van der Waals surface area contributed by atoms with Crippen molar-refractivity contribution in [2.75, 3.05) is 6.54 Å². The minimum Gasteiger partial charge on any atom is -0.392 e. The van der Waals surface area contributed by atoms with Crippen LogP contribution in [0.15, 0.2) is 0 Å². The normalized spacial score (nSPS) is 12.1. The number of ether oxygens (including phenoxy) is 1. The molecule has 1 unspecified atom stereocenters. The molecule has 0 heterocycles. The quantitative estimate of drug-likeness (QED) is 0.186. The Balaban J connectivity index is 3.39. The second kappa shape index (κ2) is 19.8. The Hall–Kier alpha value is -0.940. The van der Waals surface area contributed by atoms with Gasteiger partial charge < -0.3 is 16.2 Å². The largest absolute Gasteiger partial charge is 0.392 e. The summed E-state index contributed by atoms with van der Waals surface area (Å²) in [4.78, 5) is 23.4. The van der Waals surface area contributed by atoms with Gasteiger partial charge in [0.2, 0.25) is 0 Å². The average Bonchev–Trinajstić information content (AvgIpc) is 2.65. The summed E-state index contributed by atoms with van der Waals surface area (Å²) in [7, 11) is 0. The summed E-state index contributed by atoms with van der Waals surface area (Å²) in [5.41, 5.74) is 11.1. The molecule has 0 aromatic rings. The topological polar surface area (TPSA) is 95.4 Å². The van der Waals surface area contributed by atoms with Crippen LogP contribution in [0.3, 0.4) is 0 Å². The first-order valence-corrected chi connectivity index (χ1v) is 11.3. The van der Waals surface area contributed by atoms with Gasteiger partial charge in [0, 0.05) is 6.42 Å². The highest BCUT2D eigenvalue weighted by Gasteiger charge is 2.18. The summed E-state index contributed by atoms with van der Waals surface area (Å²) in [6, 6.07) is -0.716. The van der Waals surface area contributed by atoms with E-state index in [9.17, 15) is 9.59 Å². The van der Waals surface area contributed by atoms with Gasteiger partial charge in [0.1, 0.15) is 6.04 Å². The Kier molecular flexibility index (Phi) is 19.1. The van der Waals surface area contributed by atoms with Crippen molar-refractivity contribution in [1.82, 2.24) is 0 Å². The molecule has 0 fully saturated rings. The third-order valence-electron chi connectivity index (χ3n) is 4.97. The molecule has 4 N–H and O–H groups in total. The lowest BCUT2D eigenvalue weighted by Gasteiger charge is -2.09. The second-order valence-corrected chi connectivity index (χ2v) is 7.68. The summed E-state index contributed by atoms with van der Waals surface area (Å²) in [6.45, 7) is 2.84. The van der Waals surface area contributed by atoms with Crippen LogP contribution in [0.5, 0.6) is 0 Å². The zero-order chi connectivity index (χ0) is 20.2. The molecule has 0 spiro atoms. The van der Waals surface area contributed by atoms with Gasteiger partial charge in [-0.3, -0.25) is 4.79 Å². The predicted octanol–water partition coefficient (Wildman–Crippen LogP) is 4.99. The van der Waals surface area contributed by atoms with Crippen LogP contribution < -0.4 is 11.5 Å². The summed E-state index contributed by atoms with van der Waals surface area (Å²) in [5.74, 6) is -1.05. The molecule has 0 saturated carbocycles. The first kappa shape index (κ1) is 26.1. The second-order valence-electron chi connectivity index (χ2n) is 7.68. The fraction of sp³-hybridized carbons (Fsp3) is 0.909. The van der Waals surface area contributed by atoms with Gasteiger partial charge in [-0.05, 0) is 25.8 Å². The molecular weight excluding hydrogens is 340 g/mol. The number of nitrogens with two attached hydrogens (primary N) is 2. The molecule has 0 aliphatic heterocycles. The number of rotatable bonds is 19. The minimum atomic E-state index is -0.716. The zero-order valence-electron chi connectivity index (χ0n) is 17.7. The zero-order valence-corrected chi connectivity index (χ0v) is 17.7. The highest BCUT2D eigenvalue weighted by molar-refractivity contribution is 5.88. The molecule has 0 aliphatic carbocycles. The van der Waals surface area contributed by atoms with E-state index in [-0.39, 0.29) is 0 Å². The molecule has 0 aromatic carbocycles. The first-order chi connectivity index (χ1) is 13.1. The lowest BCUT2D eigenvalue weighted by atomic mass is 10.0. The Morgan fingerprint density at radius 3 is 1.70 bits per heavy atom. The van der Waals surface area contributed by atoms with Crippen molar-refractivity contribution in [1.29, 1.82) is 0 Å². The predicted molar refractivity (Wildman–Crippen MR) is 112 cm³/mol. The average molecular weight is 385 g/mol.